The molecular formula is C20H23N5O. The van der Waals surface area contributed by atoms with E-state index in [-0.39, 0.29) is 5.91 Å². The van der Waals surface area contributed by atoms with Crippen molar-refractivity contribution in [3.05, 3.63) is 47.7 Å². The average Bonchev–Trinajstić information content (AvgIpc) is 3.31. The molecular weight excluding hydrogens is 326 g/mol. The van der Waals surface area contributed by atoms with Crippen molar-refractivity contribution < 1.29 is 4.79 Å². The number of fused-ring (bicyclic) bond motifs is 1. The highest BCUT2D eigenvalue weighted by atomic mass is 16.2. The van der Waals surface area contributed by atoms with Crippen molar-refractivity contribution >= 4 is 16.8 Å². The summed E-state index contributed by atoms with van der Waals surface area (Å²) in [6, 6.07) is 8.25. The molecule has 1 N–H and O–H groups in total. The molecule has 0 spiro atoms. The first-order valence-electron chi connectivity index (χ1n) is 9.48. The molecule has 0 bridgehead atoms. The van der Waals surface area contributed by atoms with Gasteiger partial charge < -0.3 is 9.47 Å². The van der Waals surface area contributed by atoms with E-state index in [1.165, 1.54) is 24.4 Å². The largest absolute Gasteiger partial charge is 0.337 e. The lowest BCUT2D eigenvalue weighted by atomic mass is 10.0. The van der Waals surface area contributed by atoms with Gasteiger partial charge in [0.05, 0.1) is 5.52 Å². The molecule has 6 heteroatoms. The molecule has 0 radical (unpaired) electrons. The molecule has 5 rings (SSSR count). The Morgan fingerprint density at radius 3 is 2.69 bits per heavy atom. The first-order valence-corrected chi connectivity index (χ1v) is 9.48. The lowest BCUT2D eigenvalue weighted by Gasteiger charge is -2.33. The van der Waals surface area contributed by atoms with Gasteiger partial charge in [0.1, 0.15) is 5.82 Å². The number of amides is 1. The number of aryl methyl sites for hydroxylation is 1. The van der Waals surface area contributed by atoms with Crippen LogP contribution in [0.3, 0.4) is 0 Å². The van der Waals surface area contributed by atoms with Crippen molar-refractivity contribution in [3.63, 3.8) is 0 Å². The summed E-state index contributed by atoms with van der Waals surface area (Å²) >= 11 is 0. The van der Waals surface area contributed by atoms with Gasteiger partial charge in [0.15, 0.2) is 5.69 Å². The van der Waals surface area contributed by atoms with Gasteiger partial charge in [0, 0.05) is 42.3 Å². The second-order valence-electron chi connectivity index (χ2n) is 7.54. The quantitative estimate of drug-likeness (QED) is 0.788. The molecule has 3 aromatic rings. The molecule has 1 amide bonds. The third-order valence-corrected chi connectivity index (χ3v) is 5.74. The maximum atomic E-state index is 12.9. The number of benzene rings is 1. The smallest absolute Gasteiger partial charge is 0.274 e. The van der Waals surface area contributed by atoms with Crippen molar-refractivity contribution in [2.75, 3.05) is 13.1 Å². The number of likely N-dealkylation sites (tertiary alicyclic amines) is 1. The van der Waals surface area contributed by atoms with Crippen LogP contribution in [0.2, 0.25) is 0 Å². The van der Waals surface area contributed by atoms with E-state index in [1.807, 2.05) is 35.4 Å². The van der Waals surface area contributed by atoms with Gasteiger partial charge in [-0.05, 0) is 38.7 Å². The van der Waals surface area contributed by atoms with Crippen LogP contribution in [0.25, 0.3) is 10.9 Å². The lowest BCUT2D eigenvalue weighted by Crippen LogP contribution is -2.39. The third kappa shape index (κ3) is 2.52. The maximum Gasteiger partial charge on any atom is 0.274 e. The second-order valence-corrected chi connectivity index (χ2v) is 7.54. The van der Waals surface area contributed by atoms with Crippen LogP contribution >= 0.6 is 0 Å². The minimum absolute atomic E-state index is 0.0330. The summed E-state index contributed by atoms with van der Waals surface area (Å²) in [5.74, 6) is 1.94. The number of aromatic amines is 1. The summed E-state index contributed by atoms with van der Waals surface area (Å²) in [5, 5.41) is 8.14. The molecule has 134 valence electrons. The van der Waals surface area contributed by atoms with Gasteiger partial charge >= 0.3 is 0 Å². The predicted octanol–water partition coefficient (Wildman–Crippen LogP) is 3.42. The number of hydrogen-bond acceptors (Lipinski definition) is 3. The van der Waals surface area contributed by atoms with Crippen LogP contribution in [0.1, 0.15) is 59.6 Å². The Labute approximate surface area is 152 Å². The van der Waals surface area contributed by atoms with Crippen molar-refractivity contribution in [1.82, 2.24) is 24.6 Å². The maximum absolute atomic E-state index is 12.9. The number of para-hydroxylation sites is 1. The van der Waals surface area contributed by atoms with E-state index in [1.54, 1.807) is 0 Å². The fraction of sp³-hybridized carbons (Fsp3) is 0.450. The number of nitrogens with zero attached hydrogens (tertiary/aromatic N) is 4. The van der Waals surface area contributed by atoms with E-state index in [4.69, 9.17) is 0 Å². The van der Waals surface area contributed by atoms with Crippen molar-refractivity contribution in [2.45, 2.75) is 44.6 Å². The van der Waals surface area contributed by atoms with Crippen LogP contribution < -0.4 is 0 Å². The van der Waals surface area contributed by atoms with Gasteiger partial charge in [0.25, 0.3) is 5.91 Å². The topological polar surface area (TPSA) is 66.8 Å². The number of rotatable bonds is 3. The lowest BCUT2D eigenvalue weighted by molar-refractivity contribution is 0.0689. The van der Waals surface area contributed by atoms with Gasteiger partial charge in [-0.25, -0.2) is 4.98 Å². The summed E-state index contributed by atoms with van der Waals surface area (Å²) in [5.41, 5.74) is 2.69. The molecule has 0 atom stereocenters. The number of nitrogens with one attached hydrogen (secondary N) is 1. The predicted molar refractivity (Wildman–Crippen MR) is 99.2 cm³/mol. The number of hydrogen-bond donors (Lipinski definition) is 1. The zero-order valence-corrected chi connectivity index (χ0v) is 15.0. The minimum atomic E-state index is 0.0330. The van der Waals surface area contributed by atoms with E-state index in [9.17, 15) is 4.79 Å². The zero-order valence-electron chi connectivity index (χ0n) is 15.0. The number of aromatic nitrogens is 4. The molecule has 26 heavy (non-hydrogen) atoms. The van der Waals surface area contributed by atoms with Crippen LogP contribution in [0, 0.1) is 6.92 Å². The summed E-state index contributed by atoms with van der Waals surface area (Å²) in [6.45, 7) is 3.69. The number of imidazole rings is 1. The number of piperidine rings is 1. The second kappa shape index (κ2) is 5.97. The molecule has 6 nitrogen and oxygen atoms in total. The Kier molecular flexibility index (Phi) is 3.58. The normalized spacial score (nSPS) is 18.6. The first-order chi connectivity index (χ1) is 12.7. The Hall–Kier alpha value is -2.63. The van der Waals surface area contributed by atoms with E-state index in [2.05, 4.69) is 26.7 Å². The van der Waals surface area contributed by atoms with Crippen LogP contribution in [-0.2, 0) is 0 Å². The highest BCUT2D eigenvalue weighted by Crippen LogP contribution is 2.41. The van der Waals surface area contributed by atoms with Crippen molar-refractivity contribution in [1.29, 1.82) is 0 Å². The molecule has 0 unspecified atom stereocenters. The fourth-order valence-electron chi connectivity index (χ4n) is 4.19. The highest BCUT2D eigenvalue weighted by Gasteiger charge is 2.33. The summed E-state index contributed by atoms with van der Waals surface area (Å²) in [6.07, 6.45) is 6.48. The van der Waals surface area contributed by atoms with E-state index in [0.717, 1.165) is 36.8 Å². The average molecular weight is 349 g/mol. The van der Waals surface area contributed by atoms with Crippen molar-refractivity contribution in [3.8, 4) is 0 Å². The standard InChI is InChI=1S/C20H23N5O/c1-13-12-21-19(14-6-7-14)25(13)15-8-10-24(11-9-15)20(26)18-16-4-2-3-5-17(16)22-23-18/h2-5,12,14-15H,6-11H2,1H3,(H,22,23). The molecule has 1 aliphatic carbocycles. The molecule has 1 aromatic carbocycles. The third-order valence-electron chi connectivity index (χ3n) is 5.74. The summed E-state index contributed by atoms with van der Waals surface area (Å²) in [4.78, 5) is 19.5. The first kappa shape index (κ1) is 15.6. The van der Waals surface area contributed by atoms with Crippen LogP contribution in [-0.4, -0.2) is 43.6 Å². The van der Waals surface area contributed by atoms with Crippen LogP contribution in [0.5, 0.6) is 0 Å². The van der Waals surface area contributed by atoms with Crippen LogP contribution in [0.4, 0.5) is 0 Å². The van der Waals surface area contributed by atoms with E-state index >= 15 is 0 Å². The van der Waals surface area contributed by atoms with Gasteiger partial charge in [-0.2, -0.15) is 5.10 Å². The number of H-pyrrole nitrogens is 1. The van der Waals surface area contributed by atoms with Gasteiger partial charge in [-0.1, -0.05) is 18.2 Å². The Morgan fingerprint density at radius 2 is 1.92 bits per heavy atom. The number of carbonyl (C=O) groups excluding carboxylic acids is 1. The van der Waals surface area contributed by atoms with Gasteiger partial charge in [-0.3, -0.25) is 9.89 Å². The Bertz CT molecular complexity index is 960. The highest BCUT2D eigenvalue weighted by molar-refractivity contribution is 6.04. The molecule has 2 aliphatic rings. The SMILES string of the molecule is Cc1cnc(C2CC2)n1C1CCN(C(=O)c2n[nH]c3ccccc23)CC1. The molecule has 3 heterocycles. The molecule has 2 fully saturated rings. The fourth-order valence-corrected chi connectivity index (χ4v) is 4.19. The Balaban J connectivity index is 1.33. The summed E-state index contributed by atoms with van der Waals surface area (Å²) < 4.78 is 2.43. The Morgan fingerprint density at radius 1 is 1.15 bits per heavy atom. The summed E-state index contributed by atoms with van der Waals surface area (Å²) in [7, 11) is 0. The zero-order chi connectivity index (χ0) is 17.7. The molecule has 2 aromatic heterocycles. The van der Waals surface area contributed by atoms with Gasteiger partial charge in [0.2, 0.25) is 0 Å². The van der Waals surface area contributed by atoms with Crippen LogP contribution in [0.15, 0.2) is 30.5 Å². The minimum Gasteiger partial charge on any atom is -0.337 e. The molecule has 1 aliphatic heterocycles. The monoisotopic (exact) mass is 349 g/mol. The van der Waals surface area contributed by atoms with Crippen molar-refractivity contribution in [2.24, 2.45) is 0 Å². The molecule has 1 saturated carbocycles. The number of carbonyl (C=O) groups is 1. The van der Waals surface area contributed by atoms with Gasteiger partial charge in [-0.15, -0.1) is 0 Å². The van der Waals surface area contributed by atoms with E-state index in [0.29, 0.717) is 17.7 Å². The molecule has 1 saturated heterocycles. The van der Waals surface area contributed by atoms with E-state index < -0.39 is 0 Å².